The van der Waals surface area contributed by atoms with Gasteiger partial charge in [0.15, 0.2) is 0 Å². The molecule has 5 nitrogen and oxygen atoms in total. The van der Waals surface area contributed by atoms with Crippen LogP contribution in [0.1, 0.15) is 30.6 Å². The van der Waals surface area contributed by atoms with E-state index in [1.165, 1.54) is 0 Å². The first kappa shape index (κ1) is 15.5. The van der Waals surface area contributed by atoms with E-state index >= 15 is 0 Å². The third-order valence-corrected chi connectivity index (χ3v) is 3.43. The smallest absolute Gasteiger partial charge is 0.251 e. The Bertz CT molecular complexity index is 480. The fraction of sp³-hybridized carbons (Fsp3) is 0.500. The number of amides is 2. The second-order valence-corrected chi connectivity index (χ2v) is 5.43. The molecule has 1 heterocycles. The van der Waals surface area contributed by atoms with Gasteiger partial charge in [0.1, 0.15) is 0 Å². The number of ether oxygens (including phenoxy) is 1. The maximum Gasteiger partial charge on any atom is 0.251 e. The summed E-state index contributed by atoms with van der Waals surface area (Å²) < 4.78 is 5.60. The summed E-state index contributed by atoms with van der Waals surface area (Å²) in [6, 6.07) is 9.00. The molecule has 0 unspecified atom stereocenters. The highest BCUT2D eigenvalue weighted by Gasteiger charge is 2.25. The Hall–Kier alpha value is -1.88. The molecule has 2 rings (SSSR count). The van der Waals surface area contributed by atoms with Crippen molar-refractivity contribution in [2.24, 2.45) is 0 Å². The third kappa shape index (κ3) is 4.56. The predicted molar refractivity (Wildman–Crippen MR) is 80.0 cm³/mol. The first-order valence-electron chi connectivity index (χ1n) is 7.32. The van der Waals surface area contributed by atoms with Crippen molar-refractivity contribution in [1.82, 2.24) is 10.2 Å². The predicted octanol–water partition coefficient (Wildman–Crippen LogP) is 1.44. The summed E-state index contributed by atoms with van der Waals surface area (Å²) in [6.07, 6.45) is 0.450. The standard InChI is InChI=1S/C16H22N2O3/c1-12-10-18(11-13(2)21-12)15(19)8-9-17-16(20)14-6-4-3-5-7-14/h3-7,12-13H,8-11H2,1-2H3,(H,17,20)/t12-,13-/m0/s1. The first-order chi connectivity index (χ1) is 10.1. The molecular weight excluding hydrogens is 268 g/mol. The molecule has 21 heavy (non-hydrogen) atoms. The molecule has 5 heteroatoms. The van der Waals surface area contributed by atoms with E-state index in [4.69, 9.17) is 4.74 Å². The minimum absolute atomic E-state index is 0.0605. The topological polar surface area (TPSA) is 58.6 Å². The van der Waals surface area contributed by atoms with Gasteiger partial charge in [0.2, 0.25) is 5.91 Å². The molecule has 1 saturated heterocycles. The number of carbonyl (C=O) groups excluding carboxylic acids is 2. The molecule has 1 N–H and O–H groups in total. The number of carbonyl (C=O) groups is 2. The lowest BCUT2D eigenvalue weighted by Gasteiger charge is -2.35. The first-order valence-corrected chi connectivity index (χ1v) is 7.32. The normalized spacial score (nSPS) is 21.9. The largest absolute Gasteiger partial charge is 0.372 e. The maximum atomic E-state index is 12.1. The Morgan fingerprint density at radius 3 is 2.43 bits per heavy atom. The molecule has 0 aromatic heterocycles. The van der Waals surface area contributed by atoms with Crippen molar-refractivity contribution in [1.29, 1.82) is 0 Å². The van der Waals surface area contributed by atoms with Crippen molar-refractivity contribution in [2.75, 3.05) is 19.6 Å². The molecule has 0 spiro atoms. The zero-order chi connectivity index (χ0) is 15.2. The van der Waals surface area contributed by atoms with Gasteiger partial charge in [-0.3, -0.25) is 9.59 Å². The van der Waals surface area contributed by atoms with Crippen LogP contribution in [0.2, 0.25) is 0 Å². The van der Waals surface area contributed by atoms with Crippen molar-refractivity contribution >= 4 is 11.8 Å². The van der Waals surface area contributed by atoms with Crippen LogP contribution in [0, 0.1) is 0 Å². The SMILES string of the molecule is C[C@H]1CN(C(=O)CCNC(=O)c2ccccc2)C[C@H](C)O1. The number of hydrogen-bond acceptors (Lipinski definition) is 3. The number of nitrogens with one attached hydrogen (secondary N) is 1. The number of hydrogen-bond donors (Lipinski definition) is 1. The minimum atomic E-state index is -0.146. The monoisotopic (exact) mass is 290 g/mol. The number of morpholine rings is 1. The minimum Gasteiger partial charge on any atom is -0.372 e. The Morgan fingerprint density at radius 2 is 1.81 bits per heavy atom. The van der Waals surface area contributed by atoms with Crippen LogP contribution in [0.25, 0.3) is 0 Å². The van der Waals surface area contributed by atoms with Crippen LogP contribution in [0.15, 0.2) is 30.3 Å². The van der Waals surface area contributed by atoms with E-state index in [9.17, 15) is 9.59 Å². The van der Waals surface area contributed by atoms with Crippen LogP contribution < -0.4 is 5.32 Å². The second-order valence-electron chi connectivity index (χ2n) is 5.43. The molecule has 1 fully saturated rings. The lowest BCUT2D eigenvalue weighted by Crippen LogP contribution is -2.48. The van der Waals surface area contributed by atoms with E-state index in [0.717, 1.165) is 0 Å². The summed E-state index contributed by atoms with van der Waals surface area (Å²) in [5.41, 5.74) is 0.610. The summed E-state index contributed by atoms with van der Waals surface area (Å²) >= 11 is 0. The molecule has 1 aromatic carbocycles. The van der Waals surface area contributed by atoms with Gasteiger partial charge in [-0.1, -0.05) is 18.2 Å². The van der Waals surface area contributed by atoms with Crippen molar-refractivity contribution in [2.45, 2.75) is 32.5 Å². The van der Waals surface area contributed by atoms with Gasteiger partial charge in [0.25, 0.3) is 5.91 Å². The number of nitrogens with zero attached hydrogens (tertiary/aromatic N) is 1. The molecule has 1 aliphatic heterocycles. The second kappa shape index (κ2) is 7.22. The molecule has 0 radical (unpaired) electrons. The number of rotatable bonds is 4. The molecule has 2 amide bonds. The lowest BCUT2D eigenvalue weighted by molar-refractivity contribution is -0.143. The highest BCUT2D eigenvalue weighted by Crippen LogP contribution is 2.11. The fourth-order valence-corrected chi connectivity index (χ4v) is 2.51. The van der Waals surface area contributed by atoms with Crippen LogP contribution >= 0.6 is 0 Å². The van der Waals surface area contributed by atoms with Crippen molar-refractivity contribution in [3.8, 4) is 0 Å². The zero-order valence-electron chi connectivity index (χ0n) is 12.5. The summed E-state index contributed by atoms with van der Waals surface area (Å²) in [6.45, 7) is 5.53. The van der Waals surface area contributed by atoms with Gasteiger partial charge in [-0.15, -0.1) is 0 Å². The summed E-state index contributed by atoms with van der Waals surface area (Å²) in [5, 5.41) is 2.77. The van der Waals surface area contributed by atoms with Gasteiger partial charge in [-0.05, 0) is 26.0 Å². The quantitative estimate of drug-likeness (QED) is 0.913. The summed E-state index contributed by atoms with van der Waals surface area (Å²) in [7, 11) is 0. The van der Waals surface area contributed by atoms with Gasteiger partial charge >= 0.3 is 0 Å². The van der Waals surface area contributed by atoms with Crippen LogP contribution in [-0.2, 0) is 9.53 Å². The molecule has 0 bridgehead atoms. The molecule has 1 aliphatic rings. The van der Waals surface area contributed by atoms with E-state index in [0.29, 0.717) is 31.6 Å². The molecule has 114 valence electrons. The molecule has 0 aliphatic carbocycles. The van der Waals surface area contributed by atoms with E-state index in [-0.39, 0.29) is 24.0 Å². The van der Waals surface area contributed by atoms with E-state index < -0.39 is 0 Å². The van der Waals surface area contributed by atoms with Crippen molar-refractivity contribution < 1.29 is 14.3 Å². The maximum absolute atomic E-state index is 12.1. The molecule has 1 aromatic rings. The number of benzene rings is 1. The highest BCUT2D eigenvalue weighted by molar-refractivity contribution is 5.94. The van der Waals surface area contributed by atoms with E-state index in [1.54, 1.807) is 12.1 Å². The van der Waals surface area contributed by atoms with Crippen LogP contribution in [0.3, 0.4) is 0 Å². The highest BCUT2D eigenvalue weighted by atomic mass is 16.5. The average Bonchev–Trinajstić information content (AvgIpc) is 2.47. The van der Waals surface area contributed by atoms with Crippen molar-refractivity contribution in [3.05, 3.63) is 35.9 Å². The van der Waals surface area contributed by atoms with Crippen LogP contribution in [0.5, 0.6) is 0 Å². The lowest BCUT2D eigenvalue weighted by atomic mass is 10.2. The Morgan fingerprint density at radius 1 is 1.19 bits per heavy atom. The molecule has 0 saturated carbocycles. The molecular formula is C16H22N2O3. The fourth-order valence-electron chi connectivity index (χ4n) is 2.51. The van der Waals surface area contributed by atoms with Gasteiger partial charge < -0.3 is 15.0 Å². The van der Waals surface area contributed by atoms with E-state index in [2.05, 4.69) is 5.32 Å². The van der Waals surface area contributed by atoms with Crippen molar-refractivity contribution in [3.63, 3.8) is 0 Å². The summed E-state index contributed by atoms with van der Waals surface area (Å²) in [4.78, 5) is 25.8. The third-order valence-electron chi connectivity index (χ3n) is 3.43. The van der Waals surface area contributed by atoms with Gasteiger partial charge in [-0.25, -0.2) is 0 Å². The van der Waals surface area contributed by atoms with Crippen LogP contribution in [0.4, 0.5) is 0 Å². The van der Waals surface area contributed by atoms with Crippen LogP contribution in [-0.4, -0.2) is 48.6 Å². The van der Waals surface area contributed by atoms with Gasteiger partial charge in [0, 0.05) is 31.6 Å². The zero-order valence-corrected chi connectivity index (χ0v) is 12.5. The Kier molecular flexibility index (Phi) is 5.33. The average molecular weight is 290 g/mol. The van der Waals surface area contributed by atoms with Gasteiger partial charge in [-0.2, -0.15) is 0 Å². The Balaban J connectivity index is 1.75. The van der Waals surface area contributed by atoms with E-state index in [1.807, 2.05) is 36.9 Å². The molecule has 2 atom stereocenters. The summed E-state index contributed by atoms with van der Waals surface area (Å²) in [5.74, 6) is -0.0857. The Labute approximate surface area is 125 Å². The van der Waals surface area contributed by atoms with Gasteiger partial charge in [0.05, 0.1) is 12.2 Å².